The molecule has 6 rings (SSSR count). The highest BCUT2D eigenvalue weighted by molar-refractivity contribution is 6.66. The van der Waals surface area contributed by atoms with Crippen LogP contribution in [0.1, 0.15) is 73.9 Å². The number of hydrogen-bond acceptors (Lipinski definition) is 5. The molecule has 5 nitrogen and oxygen atoms in total. The van der Waals surface area contributed by atoms with Crippen molar-refractivity contribution in [3.63, 3.8) is 0 Å². The van der Waals surface area contributed by atoms with Gasteiger partial charge in [-0.15, -0.1) is 0 Å². The number of Topliss-reactive ketones (excluding diaryl/α,β-unsaturated/α-hetero) is 2. The quantitative estimate of drug-likeness (QED) is 0.353. The van der Waals surface area contributed by atoms with Gasteiger partial charge in [-0.25, -0.2) is 0 Å². The molecular formula is C32H34BCl2NO4. The zero-order valence-electron chi connectivity index (χ0n) is 23.5. The van der Waals surface area contributed by atoms with Crippen LogP contribution >= 0.6 is 23.2 Å². The second-order valence-electron chi connectivity index (χ2n) is 11.8. The van der Waals surface area contributed by atoms with E-state index in [1.54, 1.807) is 6.20 Å². The van der Waals surface area contributed by atoms with Crippen molar-refractivity contribution in [2.24, 2.45) is 0 Å². The highest BCUT2D eigenvalue weighted by Crippen LogP contribution is 2.38. The lowest BCUT2D eigenvalue weighted by Crippen LogP contribution is -2.41. The zero-order valence-corrected chi connectivity index (χ0v) is 25.0. The smallest absolute Gasteiger partial charge is 0.399 e. The van der Waals surface area contributed by atoms with Crippen molar-refractivity contribution in [1.82, 2.24) is 4.98 Å². The summed E-state index contributed by atoms with van der Waals surface area (Å²) in [5, 5.41) is 1.44. The summed E-state index contributed by atoms with van der Waals surface area (Å²) in [6, 6.07) is 11.7. The van der Waals surface area contributed by atoms with Gasteiger partial charge >= 0.3 is 7.12 Å². The van der Waals surface area contributed by atoms with E-state index in [9.17, 15) is 9.59 Å². The Bertz CT molecular complexity index is 1440. The van der Waals surface area contributed by atoms with Crippen LogP contribution in [0, 0.1) is 0 Å². The molecule has 0 saturated carbocycles. The molecule has 0 N–H and O–H groups in total. The monoisotopic (exact) mass is 577 g/mol. The van der Waals surface area contributed by atoms with Gasteiger partial charge in [0.2, 0.25) is 0 Å². The Kier molecular flexibility index (Phi) is 8.27. The van der Waals surface area contributed by atoms with Gasteiger partial charge in [0, 0.05) is 60.0 Å². The fraction of sp³-hybridized carbons (Fsp3) is 0.406. The van der Waals surface area contributed by atoms with Crippen LogP contribution in [0.3, 0.4) is 0 Å². The minimum Gasteiger partial charge on any atom is -0.399 e. The van der Waals surface area contributed by atoms with E-state index < -0.39 is 18.3 Å². The summed E-state index contributed by atoms with van der Waals surface area (Å²) in [6.07, 6.45) is 8.18. The number of carbonyl (C=O) groups excluding carboxylic acids is 2. The molecule has 3 aliphatic rings. The molecule has 0 atom stereocenters. The van der Waals surface area contributed by atoms with Crippen molar-refractivity contribution in [2.45, 2.75) is 83.8 Å². The third-order valence-corrected chi connectivity index (χ3v) is 9.23. The van der Waals surface area contributed by atoms with Gasteiger partial charge in [0.1, 0.15) is 11.6 Å². The van der Waals surface area contributed by atoms with E-state index in [4.69, 9.17) is 32.5 Å². The first-order valence-corrected chi connectivity index (χ1v) is 14.6. The number of fused-ring (bicyclic) bond motifs is 2. The summed E-state index contributed by atoms with van der Waals surface area (Å²) in [4.78, 5) is 27.3. The molecule has 2 aliphatic carbocycles. The molecule has 0 amide bonds. The minimum atomic E-state index is -0.467. The van der Waals surface area contributed by atoms with E-state index in [-0.39, 0.29) is 5.78 Å². The van der Waals surface area contributed by atoms with Gasteiger partial charge in [0.25, 0.3) is 0 Å². The zero-order chi connectivity index (χ0) is 28.7. The van der Waals surface area contributed by atoms with Crippen LogP contribution < -0.4 is 5.46 Å². The van der Waals surface area contributed by atoms with Crippen LogP contribution in [0.25, 0.3) is 0 Å². The number of nitrogens with zero attached hydrogens (tertiary/aromatic N) is 1. The van der Waals surface area contributed by atoms with Crippen LogP contribution in [0.15, 0.2) is 48.8 Å². The molecule has 0 radical (unpaired) electrons. The summed E-state index contributed by atoms with van der Waals surface area (Å²) >= 11 is 12.8. The van der Waals surface area contributed by atoms with Crippen LogP contribution in [-0.4, -0.2) is 34.9 Å². The fourth-order valence-electron chi connectivity index (χ4n) is 5.58. The van der Waals surface area contributed by atoms with E-state index in [0.29, 0.717) is 42.9 Å². The molecule has 40 heavy (non-hydrogen) atoms. The lowest BCUT2D eigenvalue weighted by Gasteiger charge is -2.32. The van der Waals surface area contributed by atoms with Crippen molar-refractivity contribution in [2.75, 3.05) is 0 Å². The number of rotatable bonds is 3. The summed E-state index contributed by atoms with van der Waals surface area (Å²) in [6.45, 7) is 8.11. The first-order chi connectivity index (χ1) is 18.9. The van der Waals surface area contributed by atoms with Gasteiger partial charge in [-0.2, -0.15) is 0 Å². The van der Waals surface area contributed by atoms with Crippen molar-refractivity contribution < 1.29 is 18.9 Å². The van der Waals surface area contributed by atoms with Gasteiger partial charge in [-0.1, -0.05) is 41.4 Å². The number of halogens is 2. The van der Waals surface area contributed by atoms with Gasteiger partial charge in [0.05, 0.1) is 11.2 Å². The Labute approximate surface area is 246 Å². The Hall–Kier alpha value is -2.51. The predicted molar refractivity (Wildman–Crippen MR) is 160 cm³/mol. The summed E-state index contributed by atoms with van der Waals surface area (Å²) in [5.41, 5.74) is 6.99. The van der Waals surface area contributed by atoms with Crippen LogP contribution in [0.4, 0.5) is 0 Å². The summed E-state index contributed by atoms with van der Waals surface area (Å²) in [7, 11) is -0.467. The number of ketones is 2. The summed E-state index contributed by atoms with van der Waals surface area (Å²) in [5.74, 6) is 0.604. The van der Waals surface area contributed by atoms with Gasteiger partial charge in [0.15, 0.2) is 0 Å². The first kappa shape index (κ1) is 29.0. The minimum absolute atomic E-state index is 0.282. The fourth-order valence-corrected chi connectivity index (χ4v) is 6.09. The Morgan fingerprint density at radius 3 is 1.98 bits per heavy atom. The molecule has 3 aromatic rings. The highest BCUT2D eigenvalue weighted by atomic mass is 35.5. The molecule has 2 heterocycles. The van der Waals surface area contributed by atoms with Crippen LogP contribution in [-0.2, 0) is 51.0 Å². The number of carbonyl (C=O) groups is 2. The maximum Gasteiger partial charge on any atom is 0.496 e. The Morgan fingerprint density at radius 1 is 0.800 bits per heavy atom. The largest absolute Gasteiger partial charge is 0.496 e. The number of hydrogen-bond donors (Lipinski definition) is 0. The number of aromatic nitrogens is 1. The Morgan fingerprint density at radius 2 is 1.38 bits per heavy atom. The molecule has 8 heteroatoms. The van der Waals surface area contributed by atoms with E-state index in [1.165, 1.54) is 5.56 Å². The van der Waals surface area contributed by atoms with E-state index in [2.05, 4.69) is 11.1 Å². The van der Waals surface area contributed by atoms with E-state index in [1.807, 2.05) is 64.2 Å². The maximum atomic E-state index is 11.7. The van der Waals surface area contributed by atoms with Crippen molar-refractivity contribution in [1.29, 1.82) is 0 Å². The second-order valence-corrected chi connectivity index (χ2v) is 12.6. The molecule has 0 unspecified atom stereocenters. The molecule has 1 aromatic heterocycles. The molecule has 0 bridgehead atoms. The van der Waals surface area contributed by atoms with Crippen molar-refractivity contribution in [3.8, 4) is 0 Å². The third-order valence-electron chi connectivity index (χ3n) is 8.55. The third kappa shape index (κ3) is 5.92. The maximum absolute atomic E-state index is 11.7. The standard InChI is InChI=1S/C16H20BClO3.C16H14ClNO/c1-15(2)16(3,4)21-17(20-15)14-12-7-6-11(19)9-10(12)5-8-13(14)18;17-16-6-3-12-9-13(19)4-5-14(12)15(16)8-11-2-1-7-18-10-11/h5,8H,6-7,9H2,1-4H3;1-3,6-7,10H,4-5,8-9H2. The summed E-state index contributed by atoms with van der Waals surface area (Å²) < 4.78 is 12.3. The lowest BCUT2D eigenvalue weighted by atomic mass is 9.71. The van der Waals surface area contributed by atoms with Crippen LogP contribution in [0.2, 0.25) is 10.0 Å². The van der Waals surface area contributed by atoms with Gasteiger partial charge in [-0.05, 0) is 92.1 Å². The highest BCUT2D eigenvalue weighted by Gasteiger charge is 2.53. The normalized spacial score (nSPS) is 19.0. The molecular weight excluding hydrogens is 544 g/mol. The van der Waals surface area contributed by atoms with Crippen molar-refractivity contribution in [3.05, 3.63) is 92.2 Å². The average Bonchev–Trinajstić information content (AvgIpc) is 3.12. The lowest BCUT2D eigenvalue weighted by molar-refractivity contribution is -0.119. The SMILES string of the molecule is CC1(C)OB(c2c(Cl)ccc3c2CCC(=O)C3)OC1(C)C.O=C1CCc2c(ccc(Cl)c2Cc2cccnc2)C1. The molecule has 0 spiro atoms. The number of pyridine rings is 1. The topological polar surface area (TPSA) is 65.5 Å². The molecule has 208 valence electrons. The second kappa shape index (κ2) is 11.4. The van der Waals surface area contributed by atoms with Crippen molar-refractivity contribution >= 4 is 47.3 Å². The van der Waals surface area contributed by atoms with E-state index >= 15 is 0 Å². The Balaban J connectivity index is 0.000000162. The van der Waals surface area contributed by atoms with E-state index in [0.717, 1.165) is 51.1 Å². The molecule has 1 fully saturated rings. The van der Waals surface area contributed by atoms with Gasteiger partial charge in [-0.3, -0.25) is 14.6 Å². The van der Waals surface area contributed by atoms with Crippen LogP contribution in [0.5, 0.6) is 0 Å². The molecule has 1 saturated heterocycles. The average molecular weight is 578 g/mol. The predicted octanol–water partition coefficient (Wildman–Crippen LogP) is 6.08. The molecule has 2 aromatic carbocycles. The van der Waals surface area contributed by atoms with Gasteiger partial charge < -0.3 is 9.31 Å². The first-order valence-electron chi connectivity index (χ1n) is 13.8. The molecule has 1 aliphatic heterocycles. The number of benzene rings is 2.